The van der Waals surface area contributed by atoms with Crippen LogP contribution in [0, 0.1) is 0 Å². The molecule has 1 unspecified atom stereocenters. The third kappa shape index (κ3) is 48.5. The summed E-state index contributed by atoms with van der Waals surface area (Å²) < 4.78 is 16.8. The molecule has 0 saturated carbocycles. The smallest absolute Gasteiger partial charge is 0.306 e. The van der Waals surface area contributed by atoms with Crippen LogP contribution in [0.25, 0.3) is 0 Å². The Morgan fingerprint density at radius 3 is 0.951 bits per heavy atom. The zero-order chi connectivity index (χ0) is 44.4. The highest BCUT2D eigenvalue weighted by Gasteiger charge is 2.19. The van der Waals surface area contributed by atoms with Crippen LogP contribution in [-0.4, -0.2) is 37.2 Å². The summed E-state index contributed by atoms with van der Waals surface area (Å²) in [5.74, 6) is -0.890. The van der Waals surface area contributed by atoms with Crippen molar-refractivity contribution in [1.82, 2.24) is 0 Å². The molecule has 0 aromatic rings. The first-order valence-corrected chi connectivity index (χ1v) is 26.5. The number of carbonyl (C=O) groups is 3. The molecule has 61 heavy (non-hydrogen) atoms. The molecule has 0 aliphatic carbocycles. The van der Waals surface area contributed by atoms with Crippen molar-refractivity contribution >= 4 is 17.9 Å². The van der Waals surface area contributed by atoms with Crippen molar-refractivity contribution in [3.8, 4) is 0 Å². The molecule has 0 bridgehead atoms. The molecule has 0 aliphatic rings. The monoisotopic (exact) mass is 857 g/mol. The molecule has 0 heterocycles. The van der Waals surface area contributed by atoms with Gasteiger partial charge in [0, 0.05) is 19.3 Å². The first-order chi connectivity index (χ1) is 30.0. The van der Waals surface area contributed by atoms with E-state index < -0.39 is 6.10 Å². The third-order valence-corrected chi connectivity index (χ3v) is 11.6. The lowest BCUT2D eigenvalue weighted by molar-refractivity contribution is -0.167. The van der Waals surface area contributed by atoms with Crippen LogP contribution < -0.4 is 0 Å². The van der Waals surface area contributed by atoms with Gasteiger partial charge in [-0.2, -0.15) is 0 Å². The summed E-state index contributed by atoms with van der Waals surface area (Å²) in [5, 5.41) is 0. The molecule has 0 radical (unpaired) electrons. The van der Waals surface area contributed by atoms with Gasteiger partial charge in [0.15, 0.2) is 6.10 Å². The quantitative estimate of drug-likeness (QED) is 0.0262. The van der Waals surface area contributed by atoms with Crippen LogP contribution in [0.4, 0.5) is 0 Å². The maximum atomic E-state index is 12.8. The summed E-state index contributed by atoms with van der Waals surface area (Å²) in [6, 6.07) is 0. The second-order valence-corrected chi connectivity index (χ2v) is 17.8. The van der Waals surface area contributed by atoms with Gasteiger partial charge < -0.3 is 14.2 Å². The van der Waals surface area contributed by atoms with Gasteiger partial charge in [-0.15, -0.1) is 0 Å². The number of ether oxygens (including phenoxy) is 3. The topological polar surface area (TPSA) is 78.9 Å². The number of carbonyl (C=O) groups excluding carboxylic acids is 3. The Bertz CT molecular complexity index is 1030. The van der Waals surface area contributed by atoms with E-state index in [-0.39, 0.29) is 31.1 Å². The maximum Gasteiger partial charge on any atom is 0.306 e. The van der Waals surface area contributed by atoms with Crippen LogP contribution >= 0.6 is 0 Å². The van der Waals surface area contributed by atoms with E-state index in [2.05, 4.69) is 57.2 Å². The fourth-order valence-electron chi connectivity index (χ4n) is 7.59. The van der Waals surface area contributed by atoms with Crippen LogP contribution in [0.15, 0.2) is 36.5 Å². The second-order valence-electron chi connectivity index (χ2n) is 17.8. The van der Waals surface area contributed by atoms with Crippen molar-refractivity contribution in [3.05, 3.63) is 36.5 Å². The summed E-state index contributed by atoms with van der Waals surface area (Å²) in [6.07, 6.45) is 58.4. The van der Waals surface area contributed by atoms with Crippen molar-refractivity contribution in [3.63, 3.8) is 0 Å². The number of allylic oxidation sites excluding steroid dienone is 6. The molecule has 0 aliphatic heterocycles. The molecule has 0 amide bonds. The molecule has 6 heteroatoms. The number of esters is 3. The van der Waals surface area contributed by atoms with E-state index >= 15 is 0 Å². The molecule has 1 atom stereocenters. The lowest BCUT2D eigenvalue weighted by Crippen LogP contribution is -2.30. The van der Waals surface area contributed by atoms with Gasteiger partial charge in [0.25, 0.3) is 0 Å². The van der Waals surface area contributed by atoms with Gasteiger partial charge in [0.1, 0.15) is 13.2 Å². The molecule has 0 fully saturated rings. The molecule has 0 saturated heterocycles. The summed E-state index contributed by atoms with van der Waals surface area (Å²) in [5.41, 5.74) is 0. The minimum atomic E-state index is -0.779. The van der Waals surface area contributed by atoms with Gasteiger partial charge in [-0.1, -0.05) is 218 Å². The highest BCUT2D eigenvalue weighted by atomic mass is 16.6. The highest BCUT2D eigenvalue weighted by molar-refractivity contribution is 5.71. The average Bonchev–Trinajstić information content (AvgIpc) is 3.26. The SMILES string of the molecule is CCCCC/C=C\C/C=C\CCCCCCCC(=O)OC(COC(=O)CCCCCCC/C=C\CCCCCCCCC)COC(=O)CCCCCCCCCCCCCC. The van der Waals surface area contributed by atoms with Crippen molar-refractivity contribution in [2.75, 3.05) is 13.2 Å². The van der Waals surface area contributed by atoms with Gasteiger partial charge in [0.05, 0.1) is 0 Å². The first kappa shape index (κ1) is 58.6. The Labute approximate surface area is 378 Å². The fraction of sp³-hybridized carbons (Fsp3) is 0.836. The predicted molar refractivity (Wildman–Crippen MR) is 261 cm³/mol. The lowest BCUT2D eigenvalue weighted by Gasteiger charge is -2.18. The van der Waals surface area contributed by atoms with Crippen molar-refractivity contribution in [1.29, 1.82) is 0 Å². The Hall–Kier alpha value is -2.37. The second kappa shape index (κ2) is 50.3. The Balaban J connectivity index is 4.38. The predicted octanol–water partition coefficient (Wildman–Crippen LogP) is 17.3. The van der Waals surface area contributed by atoms with E-state index in [0.717, 1.165) is 89.9 Å². The summed E-state index contributed by atoms with van der Waals surface area (Å²) in [7, 11) is 0. The number of unbranched alkanes of at least 4 members (excludes halogenated alkanes) is 31. The standard InChI is InChI=1S/C55H100O6/c1-4-7-10-13-16-19-22-25-27-29-30-33-36-39-42-45-48-54(57)60-51-52(50-59-53(56)47-44-41-38-35-32-24-21-18-15-12-9-6-3)61-55(58)49-46-43-40-37-34-31-28-26-23-20-17-14-11-8-5-2/h17,20,26-29,52H,4-16,18-19,21-25,30-51H2,1-3H3/b20-17-,28-26-,29-27-. The molecule has 0 rings (SSSR count). The highest BCUT2D eigenvalue weighted by Crippen LogP contribution is 2.15. The van der Waals surface area contributed by atoms with Gasteiger partial charge in [-0.3, -0.25) is 14.4 Å². The van der Waals surface area contributed by atoms with Gasteiger partial charge in [-0.05, 0) is 77.0 Å². The van der Waals surface area contributed by atoms with E-state index in [9.17, 15) is 14.4 Å². The van der Waals surface area contributed by atoms with E-state index in [4.69, 9.17) is 14.2 Å². The van der Waals surface area contributed by atoms with Gasteiger partial charge >= 0.3 is 17.9 Å². The van der Waals surface area contributed by atoms with E-state index in [1.165, 1.54) is 148 Å². The van der Waals surface area contributed by atoms with Crippen LogP contribution in [0.2, 0.25) is 0 Å². The number of hydrogen-bond donors (Lipinski definition) is 0. The van der Waals surface area contributed by atoms with Gasteiger partial charge in [0.2, 0.25) is 0 Å². The Morgan fingerprint density at radius 2 is 0.590 bits per heavy atom. The Morgan fingerprint density at radius 1 is 0.328 bits per heavy atom. The average molecular weight is 857 g/mol. The summed E-state index contributed by atoms with van der Waals surface area (Å²) in [6.45, 7) is 6.61. The molecular weight excluding hydrogens is 757 g/mol. The molecule has 0 aromatic carbocycles. The fourth-order valence-corrected chi connectivity index (χ4v) is 7.59. The number of hydrogen-bond acceptors (Lipinski definition) is 6. The molecule has 6 nitrogen and oxygen atoms in total. The molecule has 0 N–H and O–H groups in total. The third-order valence-electron chi connectivity index (χ3n) is 11.6. The minimum absolute atomic E-state index is 0.0776. The molecular formula is C55H100O6. The lowest BCUT2D eigenvalue weighted by atomic mass is 10.0. The van der Waals surface area contributed by atoms with Crippen LogP contribution in [-0.2, 0) is 28.6 Å². The first-order valence-electron chi connectivity index (χ1n) is 26.5. The summed E-state index contributed by atoms with van der Waals surface area (Å²) in [4.78, 5) is 38.0. The van der Waals surface area contributed by atoms with E-state index in [1.54, 1.807) is 0 Å². The van der Waals surface area contributed by atoms with Crippen LogP contribution in [0.5, 0.6) is 0 Å². The molecule has 356 valence electrons. The summed E-state index contributed by atoms with van der Waals surface area (Å²) >= 11 is 0. The van der Waals surface area contributed by atoms with E-state index in [1.807, 2.05) is 0 Å². The van der Waals surface area contributed by atoms with Crippen molar-refractivity contribution < 1.29 is 28.6 Å². The normalized spacial score (nSPS) is 12.2. The molecule has 0 spiro atoms. The van der Waals surface area contributed by atoms with E-state index in [0.29, 0.717) is 19.3 Å². The van der Waals surface area contributed by atoms with Crippen LogP contribution in [0.1, 0.15) is 278 Å². The van der Waals surface area contributed by atoms with Crippen LogP contribution in [0.3, 0.4) is 0 Å². The van der Waals surface area contributed by atoms with Crippen molar-refractivity contribution in [2.45, 2.75) is 284 Å². The number of rotatable bonds is 48. The van der Waals surface area contributed by atoms with Gasteiger partial charge in [-0.25, -0.2) is 0 Å². The maximum absolute atomic E-state index is 12.8. The zero-order valence-corrected chi connectivity index (χ0v) is 40.7. The molecule has 0 aromatic heterocycles. The zero-order valence-electron chi connectivity index (χ0n) is 40.7. The Kier molecular flexibility index (Phi) is 48.3. The minimum Gasteiger partial charge on any atom is -0.462 e. The van der Waals surface area contributed by atoms with Crippen molar-refractivity contribution in [2.24, 2.45) is 0 Å². The largest absolute Gasteiger partial charge is 0.462 e.